The summed E-state index contributed by atoms with van der Waals surface area (Å²) in [4.78, 5) is 62.9. The number of carboxylic acid groups (broad SMARTS) is 2. The zero-order valence-corrected chi connectivity index (χ0v) is 19.5. The second kappa shape index (κ2) is 12.5. The number of aromatic nitrogens is 1. The van der Waals surface area contributed by atoms with Crippen molar-refractivity contribution in [3.63, 3.8) is 0 Å². The Hall–Kier alpha value is -3.93. The Bertz CT molecular complexity index is 1080. The molecule has 0 aliphatic carbocycles. The van der Waals surface area contributed by atoms with Crippen molar-refractivity contribution in [2.24, 2.45) is 11.7 Å². The summed E-state index contributed by atoms with van der Waals surface area (Å²) in [6, 6.07) is 3.76. The summed E-state index contributed by atoms with van der Waals surface area (Å²) >= 11 is 0. The third-order valence-corrected chi connectivity index (χ3v) is 5.68. The number of nitrogens with one attached hydrogen (secondary N) is 4. The van der Waals surface area contributed by atoms with Crippen LogP contribution in [0.5, 0.6) is 0 Å². The van der Waals surface area contributed by atoms with Gasteiger partial charge in [-0.3, -0.25) is 19.2 Å². The molecule has 0 bridgehead atoms. The van der Waals surface area contributed by atoms with Crippen LogP contribution >= 0.6 is 0 Å². The molecule has 4 unspecified atom stereocenters. The number of fused-ring (bicyclic) bond motifs is 1. The fourth-order valence-electron chi connectivity index (χ4n) is 3.49. The fraction of sp³-hybridized carbons (Fsp3) is 0.435. The molecular weight excluding hydrogens is 458 g/mol. The number of para-hydroxylation sites is 1. The number of amides is 3. The number of benzene rings is 1. The van der Waals surface area contributed by atoms with Crippen molar-refractivity contribution in [3.8, 4) is 0 Å². The Morgan fingerprint density at radius 1 is 1.06 bits per heavy atom. The van der Waals surface area contributed by atoms with Gasteiger partial charge in [0.15, 0.2) is 0 Å². The number of hydrogen-bond donors (Lipinski definition) is 7. The summed E-state index contributed by atoms with van der Waals surface area (Å²) in [7, 11) is 0. The Labute approximate surface area is 201 Å². The Kier molecular flexibility index (Phi) is 9.76. The van der Waals surface area contributed by atoms with E-state index < -0.39 is 60.8 Å². The molecule has 0 aliphatic rings. The van der Waals surface area contributed by atoms with E-state index in [-0.39, 0.29) is 12.3 Å². The summed E-state index contributed by atoms with van der Waals surface area (Å²) in [6.07, 6.45) is 1.65. The second-order valence-corrected chi connectivity index (χ2v) is 8.32. The molecule has 0 aliphatic heterocycles. The lowest BCUT2D eigenvalue weighted by Gasteiger charge is -2.21. The van der Waals surface area contributed by atoms with Gasteiger partial charge in [-0.1, -0.05) is 38.5 Å². The third-order valence-electron chi connectivity index (χ3n) is 5.68. The zero-order chi connectivity index (χ0) is 26.1. The number of carboxylic acids is 2. The van der Waals surface area contributed by atoms with Crippen LogP contribution < -0.4 is 21.7 Å². The number of H-pyrrole nitrogens is 1. The number of carbonyl (C=O) groups excluding carboxylic acids is 3. The molecule has 2 aromatic rings. The molecule has 35 heavy (non-hydrogen) atoms. The lowest BCUT2D eigenvalue weighted by Crippen LogP contribution is -2.54. The monoisotopic (exact) mass is 489 g/mol. The molecule has 1 heterocycles. The first-order valence-electron chi connectivity index (χ1n) is 11.2. The van der Waals surface area contributed by atoms with E-state index in [1.54, 1.807) is 20.0 Å². The van der Waals surface area contributed by atoms with Crippen LogP contribution in [0.3, 0.4) is 0 Å². The van der Waals surface area contributed by atoms with Crippen LogP contribution in [0, 0.1) is 5.92 Å². The van der Waals surface area contributed by atoms with E-state index in [0.717, 1.165) is 16.5 Å². The van der Waals surface area contributed by atoms with E-state index >= 15 is 0 Å². The predicted molar refractivity (Wildman–Crippen MR) is 126 cm³/mol. The van der Waals surface area contributed by atoms with Crippen LogP contribution in [-0.4, -0.2) is 69.5 Å². The van der Waals surface area contributed by atoms with E-state index in [0.29, 0.717) is 6.42 Å². The normalized spacial score (nSPS) is 14.4. The van der Waals surface area contributed by atoms with Gasteiger partial charge in [0.05, 0.1) is 19.0 Å². The Morgan fingerprint density at radius 2 is 1.74 bits per heavy atom. The summed E-state index contributed by atoms with van der Waals surface area (Å²) in [5.41, 5.74) is 7.66. The molecule has 12 nitrogen and oxygen atoms in total. The molecule has 3 amide bonds. The maximum absolute atomic E-state index is 12.6. The van der Waals surface area contributed by atoms with Crippen molar-refractivity contribution >= 4 is 40.6 Å². The van der Waals surface area contributed by atoms with Gasteiger partial charge in [0.25, 0.3) is 0 Å². The van der Waals surface area contributed by atoms with Crippen LogP contribution in [0.1, 0.15) is 32.3 Å². The van der Waals surface area contributed by atoms with Gasteiger partial charge < -0.3 is 36.9 Å². The average molecular weight is 490 g/mol. The molecule has 190 valence electrons. The molecule has 0 saturated carbocycles. The van der Waals surface area contributed by atoms with Crippen molar-refractivity contribution in [2.45, 2.75) is 51.2 Å². The topological polar surface area (TPSA) is 204 Å². The number of aromatic amines is 1. The highest BCUT2D eigenvalue weighted by atomic mass is 16.4. The van der Waals surface area contributed by atoms with Gasteiger partial charge >= 0.3 is 11.9 Å². The standard InChI is InChI=1S/C23H31N5O7/c1-3-12(2)20(23(34)35)28-18(29)11-26-22(33)17(9-19(30)31)27-21(32)15(24)8-13-10-25-16-7-5-4-6-14(13)16/h4-7,10,12,15,17,20,25H,3,8-9,11,24H2,1-2H3,(H,26,33)(H,27,32)(H,28,29)(H,30,31)(H,34,35). The molecule has 0 spiro atoms. The number of hydrogen-bond acceptors (Lipinski definition) is 6. The Balaban J connectivity index is 1.97. The molecule has 1 aromatic carbocycles. The van der Waals surface area contributed by atoms with E-state index in [2.05, 4.69) is 20.9 Å². The molecule has 0 saturated heterocycles. The highest BCUT2D eigenvalue weighted by Crippen LogP contribution is 2.18. The third kappa shape index (κ3) is 7.81. The largest absolute Gasteiger partial charge is 0.481 e. The van der Waals surface area contributed by atoms with E-state index in [9.17, 15) is 29.1 Å². The van der Waals surface area contributed by atoms with Gasteiger partial charge in [0, 0.05) is 17.1 Å². The summed E-state index contributed by atoms with van der Waals surface area (Å²) in [6.45, 7) is 2.85. The highest BCUT2D eigenvalue weighted by Gasteiger charge is 2.28. The van der Waals surface area contributed by atoms with Gasteiger partial charge in [-0.15, -0.1) is 0 Å². The van der Waals surface area contributed by atoms with Gasteiger partial charge in [-0.2, -0.15) is 0 Å². The fourth-order valence-corrected chi connectivity index (χ4v) is 3.49. The number of rotatable bonds is 13. The first-order valence-corrected chi connectivity index (χ1v) is 11.2. The highest BCUT2D eigenvalue weighted by molar-refractivity contribution is 5.94. The van der Waals surface area contributed by atoms with Crippen LogP contribution in [0.4, 0.5) is 0 Å². The maximum Gasteiger partial charge on any atom is 0.326 e. The minimum atomic E-state index is -1.48. The van der Waals surface area contributed by atoms with Crippen molar-refractivity contribution in [1.82, 2.24) is 20.9 Å². The van der Waals surface area contributed by atoms with Gasteiger partial charge in [0.2, 0.25) is 17.7 Å². The van der Waals surface area contributed by atoms with E-state index in [1.807, 2.05) is 24.3 Å². The average Bonchev–Trinajstić information content (AvgIpc) is 3.22. The lowest BCUT2D eigenvalue weighted by atomic mass is 9.99. The number of nitrogens with two attached hydrogens (primary N) is 1. The maximum atomic E-state index is 12.6. The molecule has 12 heteroatoms. The first-order chi connectivity index (χ1) is 16.5. The van der Waals surface area contributed by atoms with Crippen molar-refractivity contribution < 1.29 is 34.2 Å². The molecule has 0 fully saturated rings. The second-order valence-electron chi connectivity index (χ2n) is 8.32. The Morgan fingerprint density at radius 3 is 2.37 bits per heavy atom. The zero-order valence-electron chi connectivity index (χ0n) is 19.5. The minimum absolute atomic E-state index is 0.145. The van der Waals surface area contributed by atoms with Crippen LogP contribution in [0.2, 0.25) is 0 Å². The smallest absolute Gasteiger partial charge is 0.326 e. The summed E-state index contributed by atoms with van der Waals surface area (Å²) in [5.74, 6) is -5.30. The number of aliphatic carboxylic acids is 2. The SMILES string of the molecule is CCC(C)C(NC(=O)CNC(=O)C(CC(=O)O)NC(=O)C(N)Cc1c[nH]c2ccccc12)C(=O)O. The predicted octanol–water partition coefficient (Wildman–Crippen LogP) is -0.271. The van der Waals surface area contributed by atoms with E-state index in [1.165, 1.54) is 0 Å². The van der Waals surface area contributed by atoms with Crippen molar-refractivity contribution in [3.05, 3.63) is 36.0 Å². The quantitative estimate of drug-likeness (QED) is 0.199. The summed E-state index contributed by atoms with van der Waals surface area (Å²) < 4.78 is 0. The molecule has 2 rings (SSSR count). The molecule has 1 aromatic heterocycles. The molecule has 4 atom stereocenters. The van der Waals surface area contributed by atoms with E-state index in [4.69, 9.17) is 10.8 Å². The van der Waals surface area contributed by atoms with Crippen LogP contribution in [0.15, 0.2) is 30.5 Å². The summed E-state index contributed by atoms with van der Waals surface area (Å²) in [5, 5.41) is 26.2. The minimum Gasteiger partial charge on any atom is -0.481 e. The molecular formula is C23H31N5O7. The molecule has 8 N–H and O–H groups in total. The molecule has 0 radical (unpaired) electrons. The lowest BCUT2D eigenvalue weighted by molar-refractivity contribution is -0.143. The van der Waals surface area contributed by atoms with Crippen molar-refractivity contribution in [2.75, 3.05) is 6.54 Å². The van der Waals surface area contributed by atoms with Gasteiger partial charge in [-0.05, 0) is 24.0 Å². The van der Waals surface area contributed by atoms with Gasteiger partial charge in [0.1, 0.15) is 12.1 Å². The van der Waals surface area contributed by atoms with Crippen molar-refractivity contribution in [1.29, 1.82) is 0 Å². The number of carbonyl (C=O) groups is 5. The van der Waals surface area contributed by atoms with Crippen LogP contribution in [-0.2, 0) is 30.4 Å². The van der Waals surface area contributed by atoms with Crippen LogP contribution in [0.25, 0.3) is 10.9 Å². The van der Waals surface area contributed by atoms with Gasteiger partial charge in [-0.25, -0.2) is 4.79 Å². The first kappa shape index (κ1) is 27.3.